The third kappa shape index (κ3) is 4.75. The molecule has 1 aliphatic carbocycles. The van der Waals surface area contributed by atoms with E-state index >= 15 is 0 Å². The van der Waals surface area contributed by atoms with E-state index in [1.165, 1.54) is 28.5 Å². The quantitative estimate of drug-likeness (QED) is 0.486. The van der Waals surface area contributed by atoms with Crippen molar-refractivity contribution in [3.8, 4) is 0 Å². The minimum atomic E-state index is -0.181. The van der Waals surface area contributed by atoms with Crippen LogP contribution in [-0.4, -0.2) is 47.9 Å². The van der Waals surface area contributed by atoms with Crippen molar-refractivity contribution in [2.45, 2.75) is 44.2 Å². The number of rotatable bonds is 6. The standard InChI is InChI=1S/C28H31FN2OS/c1-30(28(32)24-12-15-33-19-24)27(18-23-8-4-5-9-26(23)29)20-10-13-31(14-11-20)25-16-21-6-2-3-7-22(21)17-25/h2-9,12,15,19-20,25,27H,10-11,13-14,16-18H2,1H3/t27-/m0/s1. The molecule has 1 amide bonds. The average Bonchev–Trinajstić information content (AvgIpc) is 3.53. The number of thiophene rings is 1. The smallest absolute Gasteiger partial charge is 0.254 e. The van der Waals surface area contributed by atoms with E-state index in [0.29, 0.717) is 23.9 Å². The van der Waals surface area contributed by atoms with Crippen molar-refractivity contribution in [1.29, 1.82) is 0 Å². The topological polar surface area (TPSA) is 23.6 Å². The van der Waals surface area contributed by atoms with Gasteiger partial charge < -0.3 is 4.90 Å². The Hall–Kier alpha value is -2.50. The molecule has 0 saturated carbocycles. The number of amides is 1. The highest BCUT2D eigenvalue weighted by molar-refractivity contribution is 7.08. The minimum Gasteiger partial charge on any atom is -0.338 e. The molecule has 0 N–H and O–H groups in total. The Morgan fingerprint density at radius 1 is 1.06 bits per heavy atom. The van der Waals surface area contributed by atoms with E-state index < -0.39 is 0 Å². The van der Waals surface area contributed by atoms with Gasteiger partial charge in [0.2, 0.25) is 0 Å². The summed E-state index contributed by atoms with van der Waals surface area (Å²) < 4.78 is 14.5. The largest absolute Gasteiger partial charge is 0.338 e. The Morgan fingerprint density at radius 3 is 2.36 bits per heavy atom. The van der Waals surface area contributed by atoms with Crippen molar-refractivity contribution in [1.82, 2.24) is 9.80 Å². The normalized spacial score (nSPS) is 18.2. The maximum atomic E-state index is 14.5. The minimum absolute atomic E-state index is 0.0165. The molecular weight excluding hydrogens is 431 g/mol. The van der Waals surface area contributed by atoms with Crippen LogP contribution in [0.25, 0.3) is 0 Å². The molecule has 0 spiro atoms. The fraction of sp³-hybridized carbons (Fsp3) is 0.393. The molecule has 3 nitrogen and oxygen atoms in total. The van der Waals surface area contributed by atoms with Gasteiger partial charge in [-0.2, -0.15) is 11.3 Å². The third-order valence-corrected chi connectivity index (χ3v) is 8.32. The zero-order valence-corrected chi connectivity index (χ0v) is 19.9. The van der Waals surface area contributed by atoms with Crippen LogP contribution in [0.1, 0.15) is 39.9 Å². The maximum absolute atomic E-state index is 14.5. The van der Waals surface area contributed by atoms with E-state index in [1.54, 1.807) is 6.07 Å². The summed E-state index contributed by atoms with van der Waals surface area (Å²) in [5.41, 5.74) is 4.40. The van der Waals surface area contributed by atoms with Gasteiger partial charge in [0.25, 0.3) is 5.91 Å². The number of carbonyl (C=O) groups is 1. The van der Waals surface area contributed by atoms with Gasteiger partial charge in [-0.15, -0.1) is 0 Å². The van der Waals surface area contributed by atoms with Crippen molar-refractivity contribution in [2.75, 3.05) is 20.1 Å². The molecule has 1 aromatic heterocycles. The number of likely N-dealkylation sites (N-methyl/N-ethyl adjacent to an activating group) is 1. The predicted octanol–water partition coefficient (Wildman–Crippen LogP) is 5.45. The molecule has 2 aromatic carbocycles. The molecule has 1 aliphatic heterocycles. The number of likely N-dealkylation sites (tertiary alicyclic amines) is 1. The third-order valence-electron chi connectivity index (χ3n) is 7.64. The van der Waals surface area contributed by atoms with E-state index in [4.69, 9.17) is 0 Å². The van der Waals surface area contributed by atoms with Crippen LogP contribution in [0, 0.1) is 11.7 Å². The molecule has 2 aliphatic rings. The molecule has 1 atom stereocenters. The van der Waals surface area contributed by atoms with Crippen LogP contribution in [0.2, 0.25) is 0 Å². The van der Waals surface area contributed by atoms with Crippen molar-refractivity contribution < 1.29 is 9.18 Å². The number of hydrogen-bond donors (Lipinski definition) is 0. The van der Waals surface area contributed by atoms with E-state index in [0.717, 1.165) is 44.3 Å². The molecule has 3 aromatic rings. The van der Waals surface area contributed by atoms with Crippen LogP contribution in [0.4, 0.5) is 4.39 Å². The zero-order valence-electron chi connectivity index (χ0n) is 19.1. The molecule has 5 heteroatoms. The Labute approximate surface area is 199 Å². The molecule has 33 heavy (non-hydrogen) atoms. The lowest BCUT2D eigenvalue weighted by molar-refractivity contribution is 0.0547. The average molecular weight is 463 g/mol. The maximum Gasteiger partial charge on any atom is 0.254 e. The Bertz CT molecular complexity index is 1070. The van der Waals surface area contributed by atoms with E-state index in [1.807, 2.05) is 40.9 Å². The fourth-order valence-electron chi connectivity index (χ4n) is 5.71. The summed E-state index contributed by atoms with van der Waals surface area (Å²) in [5, 5.41) is 3.84. The van der Waals surface area contributed by atoms with Gasteiger partial charge in [-0.3, -0.25) is 9.69 Å². The molecule has 2 heterocycles. The molecule has 0 radical (unpaired) electrons. The van der Waals surface area contributed by atoms with E-state index in [9.17, 15) is 9.18 Å². The van der Waals surface area contributed by atoms with Gasteiger partial charge in [0.05, 0.1) is 5.56 Å². The number of piperidine rings is 1. The van der Waals surface area contributed by atoms with Crippen molar-refractivity contribution in [3.05, 3.63) is 93.4 Å². The van der Waals surface area contributed by atoms with Crippen LogP contribution >= 0.6 is 11.3 Å². The Balaban J connectivity index is 1.30. The summed E-state index contributed by atoms with van der Waals surface area (Å²) in [6, 6.07) is 18.2. The highest BCUT2D eigenvalue weighted by Gasteiger charge is 2.35. The number of fused-ring (bicyclic) bond motifs is 1. The molecule has 1 fully saturated rings. The number of nitrogens with zero attached hydrogens (tertiary/aromatic N) is 2. The number of carbonyl (C=O) groups excluding carboxylic acids is 1. The van der Waals surface area contributed by atoms with Gasteiger partial charge in [0, 0.05) is 24.5 Å². The lowest BCUT2D eigenvalue weighted by Gasteiger charge is -2.42. The summed E-state index contributed by atoms with van der Waals surface area (Å²) in [6.07, 6.45) is 4.89. The summed E-state index contributed by atoms with van der Waals surface area (Å²) in [6.45, 7) is 2.08. The molecule has 5 rings (SSSR count). The fourth-order valence-corrected chi connectivity index (χ4v) is 6.34. The number of halogens is 1. The van der Waals surface area contributed by atoms with Crippen LogP contribution in [0.3, 0.4) is 0 Å². The first-order valence-corrected chi connectivity index (χ1v) is 12.9. The molecule has 0 bridgehead atoms. The highest BCUT2D eigenvalue weighted by atomic mass is 32.1. The first-order chi connectivity index (χ1) is 16.1. The second-order valence-electron chi connectivity index (χ2n) is 9.50. The van der Waals surface area contributed by atoms with Gasteiger partial charge in [-0.1, -0.05) is 42.5 Å². The lowest BCUT2D eigenvalue weighted by atomic mass is 9.84. The highest BCUT2D eigenvalue weighted by Crippen LogP contribution is 2.32. The SMILES string of the molecule is CN(C(=O)c1ccsc1)[C@@H](Cc1ccccc1F)C1CCN(C2Cc3ccccc3C2)CC1. The van der Waals surface area contributed by atoms with Crippen LogP contribution < -0.4 is 0 Å². The summed E-state index contributed by atoms with van der Waals surface area (Å²) in [7, 11) is 1.89. The summed E-state index contributed by atoms with van der Waals surface area (Å²) >= 11 is 1.53. The zero-order chi connectivity index (χ0) is 22.8. The van der Waals surface area contributed by atoms with Gasteiger partial charge in [0.15, 0.2) is 0 Å². The molecule has 0 unspecified atom stereocenters. The van der Waals surface area contributed by atoms with Gasteiger partial charge in [-0.05, 0) is 85.3 Å². The Kier molecular flexibility index (Phi) is 6.61. The van der Waals surface area contributed by atoms with E-state index in [2.05, 4.69) is 29.2 Å². The summed E-state index contributed by atoms with van der Waals surface area (Å²) in [4.78, 5) is 17.7. The van der Waals surface area contributed by atoms with Gasteiger partial charge >= 0.3 is 0 Å². The van der Waals surface area contributed by atoms with E-state index in [-0.39, 0.29) is 17.8 Å². The van der Waals surface area contributed by atoms with Crippen LogP contribution in [0.5, 0.6) is 0 Å². The Morgan fingerprint density at radius 2 is 1.73 bits per heavy atom. The predicted molar refractivity (Wildman–Crippen MR) is 132 cm³/mol. The summed E-state index contributed by atoms with van der Waals surface area (Å²) in [5.74, 6) is 0.212. The second kappa shape index (κ2) is 9.78. The van der Waals surface area contributed by atoms with Gasteiger partial charge in [-0.25, -0.2) is 4.39 Å². The number of benzene rings is 2. The number of hydrogen-bond acceptors (Lipinski definition) is 3. The van der Waals surface area contributed by atoms with Crippen LogP contribution in [-0.2, 0) is 19.3 Å². The molecular formula is C28H31FN2OS. The van der Waals surface area contributed by atoms with Crippen molar-refractivity contribution >= 4 is 17.2 Å². The van der Waals surface area contributed by atoms with Crippen molar-refractivity contribution in [2.24, 2.45) is 5.92 Å². The second-order valence-corrected chi connectivity index (χ2v) is 10.3. The molecule has 1 saturated heterocycles. The van der Waals surface area contributed by atoms with Gasteiger partial charge in [0.1, 0.15) is 5.82 Å². The first kappa shape index (κ1) is 22.3. The lowest BCUT2D eigenvalue weighted by Crippen LogP contribution is -2.49. The monoisotopic (exact) mass is 462 g/mol. The van der Waals surface area contributed by atoms with Crippen LogP contribution in [0.15, 0.2) is 65.4 Å². The van der Waals surface area contributed by atoms with Crippen molar-refractivity contribution in [3.63, 3.8) is 0 Å². The first-order valence-electron chi connectivity index (χ1n) is 11.9. The molecule has 172 valence electrons.